The fraction of sp³-hybridized carbons (Fsp3) is 0.294. The molecular formula is C17H15NO2. The van der Waals surface area contributed by atoms with E-state index in [0.29, 0.717) is 0 Å². The summed E-state index contributed by atoms with van der Waals surface area (Å²) in [7, 11) is 0. The highest BCUT2D eigenvalue weighted by Gasteiger charge is 2.63. The number of benzene rings is 1. The molecule has 2 heterocycles. The van der Waals surface area contributed by atoms with Gasteiger partial charge in [-0.25, -0.2) is 0 Å². The minimum atomic E-state index is -0.643. The van der Waals surface area contributed by atoms with Gasteiger partial charge in [-0.2, -0.15) is 0 Å². The third kappa shape index (κ3) is 1.63. The minimum absolute atomic E-state index is 0.130. The first-order valence-corrected chi connectivity index (χ1v) is 7.02. The van der Waals surface area contributed by atoms with Gasteiger partial charge in [0.25, 0.3) is 0 Å². The Labute approximate surface area is 117 Å². The van der Waals surface area contributed by atoms with E-state index >= 15 is 0 Å². The molecule has 100 valence electrons. The fourth-order valence-electron chi connectivity index (χ4n) is 3.25. The first-order valence-electron chi connectivity index (χ1n) is 7.02. The summed E-state index contributed by atoms with van der Waals surface area (Å²) in [6.45, 7) is 0. The molecule has 1 saturated heterocycles. The van der Waals surface area contributed by atoms with Crippen LogP contribution in [0.1, 0.15) is 40.4 Å². The number of pyridine rings is 1. The second kappa shape index (κ2) is 4.25. The lowest BCUT2D eigenvalue weighted by atomic mass is 9.89. The van der Waals surface area contributed by atoms with Crippen LogP contribution >= 0.6 is 0 Å². The van der Waals surface area contributed by atoms with Crippen LogP contribution in [0.3, 0.4) is 0 Å². The Balaban J connectivity index is 1.73. The Kier molecular flexibility index (Phi) is 2.51. The lowest BCUT2D eigenvalue weighted by molar-refractivity contribution is 0.0867. The molecule has 0 radical (unpaired) electrons. The maximum atomic E-state index is 12.9. The van der Waals surface area contributed by atoms with Crippen molar-refractivity contribution in [3.8, 4) is 0 Å². The van der Waals surface area contributed by atoms with E-state index in [4.69, 9.17) is 4.74 Å². The van der Waals surface area contributed by atoms with Crippen LogP contribution < -0.4 is 0 Å². The van der Waals surface area contributed by atoms with Gasteiger partial charge < -0.3 is 4.74 Å². The second-order valence-corrected chi connectivity index (χ2v) is 5.51. The van der Waals surface area contributed by atoms with E-state index in [0.717, 1.165) is 36.0 Å². The van der Waals surface area contributed by atoms with Gasteiger partial charge in [0.15, 0.2) is 11.4 Å². The molecule has 2 atom stereocenters. The molecule has 1 aliphatic carbocycles. The van der Waals surface area contributed by atoms with Crippen molar-refractivity contribution in [1.82, 2.24) is 4.98 Å². The molecule has 2 aliphatic rings. The van der Waals surface area contributed by atoms with E-state index in [1.165, 1.54) is 0 Å². The molecule has 2 aromatic rings. The normalized spacial score (nSPS) is 28.0. The number of Topliss-reactive ketones (excluding diaryl/α,β-unsaturated/α-hetero) is 1. The topological polar surface area (TPSA) is 42.5 Å². The van der Waals surface area contributed by atoms with Crippen LogP contribution in [0, 0.1) is 0 Å². The smallest absolute Gasteiger partial charge is 0.197 e. The lowest BCUT2D eigenvalue weighted by Crippen LogP contribution is -2.24. The van der Waals surface area contributed by atoms with E-state index in [9.17, 15) is 4.79 Å². The monoisotopic (exact) mass is 265 g/mol. The molecule has 4 rings (SSSR count). The Morgan fingerprint density at radius 3 is 2.95 bits per heavy atom. The summed E-state index contributed by atoms with van der Waals surface area (Å²) in [4.78, 5) is 17.0. The summed E-state index contributed by atoms with van der Waals surface area (Å²) in [6.07, 6.45) is 6.13. The number of ketones is 1. The van der Waals surface area contributed by atoms with E-state index in [-0.39, 0.29) is 11.9 Å². The van der Waals surface area contributed by atoms with Crippen LogP contribution in [0.25, 0.3) is 0 Å². The maximum absolute atomic E-state index is 12.9. The second-order valence-electron chi connectivity index (χ2n) is 5.51. The van der Waals surface area contributed by atoms with Crippen LogP contribution in [-0.2, 0) is 11.2 Å². The average Bonchev–Trinajstić information content (AvgIpc) is 3.25. The summed E-state index contributed by atoms with van der Waals surface area (Å²) in [5, 5.41) is 0. The van der Waals surface area contributed by atoms with Crippen LogP contribution in [-0.4, -0.2) is 16.4 Å². The number of fused-ring (bicyclic) bond motifs is 1. The van der Waals surface area contributed by atoms with Gasteiger partial charge in [-0.05, 0) is 30.9 Å². The van der Waals surface area contributed by atoms with Gasteiger partial charge in [-0.3, -0.25) is 9.78 Å². The number of hydrogen-bond donors (Lipinski definition) is 0. The number of aromatic nitrogens is 1. The largest absolute Gasteiger partial charge is 0.352 e. The molecule has 20 heavy (non-hydrogen) atoms. The molecule has 3 heteroatoms. The van der Waals surface area contributed by atoms with Crippen molar-refractivity contribution >= 4 is 5.78 Å². The Morgan fingerprint density at radius 2 is 2.10 bits per heavy atom. The van der Waals surface area contributed by atoms with Crippen molar-refractivity contribution in [2.75, 3.05) is 0 Å². The first kappa shape index (κ1) is 11.8. The maximum Gasteiger partial charge on any atom is 0.197 e. The summed E-state index contributed by atoms with van der Waals surface area (Å²) in [5.41, 5.74) is 2.33. The number of carbonyl (C=O) groups excluding carboxylic acids is 1. The summed E-state index contributed by atoms with van der Waals surface area (Å²) in [6, 6.07) is 11.8. The Bertz CT molecular complexity index is 668. The van der Waals surface area contributed by atoms with Crippen molar-refractivity contribution in [3.05, 3.63) is 65.5 Å². The van der Waals surface area contributed by atoms with Crippen LogP contribution in [0.15, 0.2) is 48.8 Å². The van der Waals surface area contributed by atoms with Gasteiger partial charge in [0, 0.05) is 23.5 Å². The number of carbonyl (C=O) groups is 1. The standard InChI is InChI=1S/C17H15NO2/c19-15-14-8-2-1-5-12(14)6-3-9-17(15)16(20-17)13-7-4-10-18-11-13/h1-2,4-5,7-8,10-11,16H,3,6,9H2/t16-,17-/m1/s1. The highest BCUT2D eigenvalue weighted by molar-refractivity contribution is 6.06. The van der Waals surface area contributed by atoms with Gasteiger partial charge in [-0.15, -0.1) is 0 Å². The van der Waals surface area contributed by atoms with Crippen molar-refractivity contribution in [2.24, 2.45) is 0 Å². The van der Waals surface area contributed by atoms with Gasteiger partial charge >= 0.3 is 0 Å². The number of nitrogens with zero attached hydrogens (tertiary/aromatic N) is 1. The molecule has 3 nitrogen and oxygen atoms in total. The molecule has 0 N–H and O–H groups in total. The van der Waals surface area contributed by atoms with Crippen LogP contribution in [0.4, 0.5) is 0 Å². The van der Waals surface area contributed by atoms with E-state index in [2.05, 4.69) is 4.98 Å². The van der Waals surface area contributed by atoms with Gasteiger partial charge in [0.1, 0.15) is 6.10 Å². The zero-order valence-corrected chi connectivity index (χ0v) is 11.1. The SMILES string of the molecule is O=C1c2ccccc2CCC[C@@]12O[C@@H]2c1cccnc1. The third-order valence-electron chi connectivity index (χ3n) is 4.32. The summed E-state index contributed by atoms with van der Waals surface area (Å²) >= 11 is 0. The van der Waals surface area contributed by atoms with Crippen molar-refractivity contribution in [3.63, 3.8) is 0 Å². The number of rotatable bonds is 1. The van der Waals surface area contributed by atoms with Crippen molar-refractivity contribution in [1.29, 1.82) is 0 Å². The molecule has 0 amide bonds. The molecule has 0 unspecified atom stereocenters. The average molecular weight is 265 g/mol. The first-order chi connectivity index (χ1) is 9.81. The molecule has 0 saturated carbocycles. The number of ether oxygens (including phenoxy) is 1. The van der Waals surface area contributed by atoms with Crippen LogP contribution in [0.2, 0.25) is 0 Å². The molecule has 1 aliphatic heterocycles. The predicted molar refractivity (Wildman–Crippen MR) is 74.5 cm³/mol. The zero-order valence-electron chi connectivity index (χ0n) is 11.1. The van der Waals surface area contributed by atoms with Crippen molar-refractivity contribution in [2.45, 2.75) is 31.0 Å². The predicted octanol–water partition coefficient (Wildman–Crippen LogP) is 3.11. The number of epoxide rings is 1. The van der Waals surface area contributed by atoms with Gasteiger partial charge in [0.05, 0.1) is 0 Å². The van der Waals surface area contributed by atoms with E-state index < -0.39 is 5.60 Å². The molecule has 1 aromatic heterocycles. The Hall–Kier alpha value is -2.00. The molecule has 1 aromatic carbocycles. The summed E-state index contributed by atoms with van der Waals surface area (Å²) in [5.74, 6) is 0.138. The fourth-order valence-corrected chi connectivity index (χ4v) is 3.25. The van der Waals surface area contributed by atoms with Gasteiger partial charge in [-0.1, -0.05) is 30.3 Å². The number of hydrogen-bond acceptors (Lipinski definition) is 3. The summed E-state index contributed by atoms with van der Waals surface area (Å²) < 4.78 is 5.89. The lowest BCUT2D eigenvalue weighted by Gasteiger charge is -2.09. The quantitative estimate of drug-likeness (QED) is 0.744. The van der Waals surface area contributed by atoms with E-state index in [1.54, 1.807) is 12.4 Å². The van der Waals surface area contributed by atoms with Crippen molar-refractivity contribution < 1.29 is 9.53 Å². The van der Waals surface area contributed by atoms with Gasteiger partial charge in [0.2, 0.25) is 0 Å². The zero-order chi connectivity index (χ0) is 13.6. The Morgan fingerprint density at radius 1 is 1.20 bits per heavy atom. The highest BCUT2D eigenvalue weighted by atomic mass is 16.6. The molecular weight excluding hydrogens is 250 g/mol. The van der Waals surface area contributed by atoms with Crippen LogP contribution in [0.5, 0.6) is 0 Å². The highest BCUT2D eigenvalue weighted by Crippen LogP contribution is 2.55. The molecule has 1 spiro atoms. The number of aryl methyl sites for hydroxylation is 1. The minimum Gasteiger partial charge on any atom is -0.352 e. The van der Waals surface area contributed by atoms with E-state index in [1.807, 2.05) is 36.4 Å². The third-order valence-corrected chi connectivity index (χ3v) is 4.32. The molecule has 0 bridgehead atoms. The molecule has 1 fully saturated rings.